The van der Waals surface area contributed by atoms with Gasteiger partial charge in [0.25, 0.3) is 5.91 Å². The highest BCUT2D eigenvalue weighted by atomic mass is 79.9. The number of aromatic nitrogens is 1. The lowest BCUT2D eigenvalue weighted by Gasteiger charge is -2.01. The molecule has 3 N–H and O–H groups in total. The van der Waals surface area contributed by atoms with Crippen molar-refractivity contribution in [2.24, 2.45) is 5.73 Å². The lowest BCUT2D eigenvalue weighted by molar-refractivity contribution is -0.117. The molecule has 1 heterocycles. The number of benzene rings is 1. The minimum absolute atomic E-state index is 0.0741. The van der Waals surface area contributed by atoms with Crippen molar-refractivity contribution >= 4 is 44.2 Å². The maximum atomic E-state index is 11.9. The molecule has 0 aliphatic rings. The lowest BCUT2D eigenvalue weighted by atomic mass is 10.2. The smallest absolute Gasteiger partial charge is 0.257 e. The van der Waals surface area contributed by atoms with Gasteiger partial charge >= 0.3 is 0 Å². The van der Waals surface area contributed by atoms with Gasteiger partial charge in [-0.3, -0.25) is 14.9 Å². The number of amides is 2. The Morgan fingerprint density at radius 2 is 2.00 bits per heavy atom. The van der Waals surface area contributed by atoms with E-state index in [-0.39, 0.29) is 12.3 Å². The van der Waals surface area contributed by atoms with Crippen LogP contribution in [0.15, 0.2) is 34.1 Å². The fraction of sp³-hybridized carbons (Fsp3) is 0.0833. The normalized spacial score (nSPS) is 10.2. The highest BCUT2D eigenvalue weighted by Gasteiger charge is 2.09. The van der Waals surface area contributed by atoms with Crippen LogP contribution in [0, 0.1) is 0 Å². The Labute approximate surface area is 122 Å². The number of primary amides is 1. The molecule has 0 radical (unpaired) electrons. The molecule has 2 rings (SSSR count). The molecule has 0 saturated heterocycles. The molecule has 0 aliphatic carbocycles. The molecular formula is C12H10BrN3O2S. The van der Waals surface area contributed by atoms with Crippen molar-refractivity contribution < 1.29 is 9.59 Å². The van der Waals surface area contributed by atoms with Crippen LogP contribution in [-0.4, -0.2) is 16.8 Å². The first kappa shape index (κ1) is 13.7. The average molecular weight is 340 g/mol. The monoisotopic (exact) mass is 339 g/mol. The fourth-order valence-electron chi connectivity index (χ4n) is 1.39. The zero-order chi connectivity index (χ0) is 13.8. The SMILES string of the molecule is NC(=O)Cc1csc(NC(=O)c2ccc(Br)cc2)n1. The highest BCUT2D eigenvalue weighted by molar-refractivity contribution is 9.10. The summed E-state index contributed by atoms with van der Waals surface area (Å²) >= 11 is 4.56. The van der Waals surface area contributed by atoms with Gasteiger partial charge in [0.15, 0.2) is 5.13 Å². The topological polar surface area (TPSA) is 85.1 Å². The van der Waals surface area contributed by atoms with E-state index in [0.717, 1.165) is 4.47 Å². The van der Waals surface area contributed by atoms with E-state index in [1.807, 2.05) is 0 Å². The minimum atomic E-state index is -0.448. The summed E-state index contributed by atoms with van der Waals surface area (Å²) in [7, 11) is 0. The van der Waals surface area contributed by atoms with Gasteiger partial charge in [-0.25, -0.2) is 4.98 Å². The molecule has 7 heteroatoms. The van der Waals surface area contributed by atoms with E-state index < -0.39 is 5.91 Å². The third-order valence-electron chi connectivity index (χ3n) is 2.23. The molecule has 19 heavy (non-hydrogen) atoms. The van der Waals surface area contributed by atoms with Crippen LogP contribution in [0.2, 0.25) is 0 Å². The van der Waals surface area contributed by atoms with E-state index in [9.17, 15) is 9.59 Å². The van der Waals surface area contributed by atoms with Crippen molar-refractivity contribution in [3.63, 3.8) is 0 Å². The Kier molecular flexibility index (Phi) is 4.28. The maximum Gasteiger partial charge on any atom is 0.257 e. The molecule has 5 nitrogen and oxygen atoms in total. The molecule has 0 atom stereocenters. The van der Waals surface area contributed by atoms with Crippen LogP contribution < -0.4 is 11.1 Å². The van der Waals surface area contributed by atoms with E-state index in [0.29, 0.717) is 16.4 Å². The third kappa shape index (κ3) is 3.87. The number of rotatable bonds is 4. The Morgan fingerprint density at radius 1 is 1.32 bits per heavy atom. The predicted octanol–water partition coefficient (Wildman–Crippen LogP) is 2.19. The van der Waals surface area contributed by atoms with E-state index in [1.54, 1.807) is 29.6 Å². The molecule has 98 valence electrons. The largest absolute Gasteiger partial charge is 0.369 e. The fourth-order valence-corrected chi connectivity index (χ4v) is 2.36. The van der Waals surface area contributed by atoms with E-state index in [1.165, 1.54) is 11.3 Å². The number of hydrogen-bond donors (Lipinski definition) is 2. The summed E-state index contributed by atoms with van der Waals surface area (Å²) in [6.07, 6.45) is 0.0741. The van der Waals surface area contributed by atoms with Gasteiger partial charge in [-0.2, -0.15) is 0 Å². The molecule has 0 spiro atoms. The Bertz CT molecular complexity index is 610. The number of anilines is 1. The molecule has 1 aromatic carbocycles. The van der Waals surface area contributed by atoms with Crippen LogP contribution >= 0.6 is 27.3 Å². The lowest BCUT2D eigenvalue weighted by Crippen LogP contribution is -2.14. The summed E-state index contributed by atoms with van der Waals surface area (Å²) in [5.41, 5.74) is 6.17. The molecule has 0 bridgehead atoms. The maximum absolute atomic E-state index is 11.9. The second-order valence-electron chi connectivity index (χ2n) is 3.75. The summed E-state index contributed by atoms with van der Waals surface area (Å²) < 4.78 is 0.905. The van der Waals surface area contributed by atoms with Gasteiger partial charge < -0.3 is 5.73 Å². The summed E-state index contributed by atoms with van der Waals surface area (Å²) in [5.74, 6) is -0.691. The zero-order valence-electron chi connectivity index (χ0n) is 9.72. The predicted molar refractivity (Wildman–Crippen MR) is 77.1 cm³/mol. The summed E-state index contributed by atoms with van der Waals surface area (Å²) in [6.45, 7) is 0. The van der Waals surface area contributed by atoms with Gasteiger partial charge in [0.05, 0.1) is 12.1 Å². The van der Waals surface area contributed by atoms with Crippen molar-refractivity contribution in [2.75, 3.05) is 5.32 Å². The molecule has 0 saturated carbocycles. The average Bonchev–Trinajstić information content (AvgIpc) is 2.76. The van der Waals surface area contributed by atoms with E-state index >= 15 is 0 Å². The van der Waals surface area contributed by atoms with Gasteiger partial charge in [-0.1, -0.05) is 15.9 Å². The van der Waals surface area contributed by atoms with Crippen molar-refractivity contribution in [3.05, 3.63) is 45.4 Å². The van der Waals surface area contributed by atoms with Crippen LogP contribution in [0.4, 0.5) is 5.13 Å². The van der Waals surface area contributed by atoms with Gasteiger partial charge in [0, 0.05) is 15.4 Å². The summed E-state index contributed by atoms with van der Waals surface area (Å²) in [4.78, 5) is 26.8. The molecule has 0 aliphatic heterocycles. The van der Waals surface area contributed by atoms with Crippen LogP contribution in [0.3, 0.4) is 0 Å². The number of thiazole rings is 1. The van der Waals surface area contributed by atoms with Gasteiger partial charge in [0.2, 0.25) is 5.91 Å². The van der Waals surface area contributed by atoms with Crippen molar-refractivity contribution in [3.8, 4) is 0 Å². The van der Waals surface area contributed by atoms with Crippen LogP contribution in [0.5, 0.6) is 0 Å². The number of nitrogens with zero attached hydrogens (tertiary/aromatic N) is 1. The highest BCUT2D eigenvalue weighted by Crippen LogP contribution is 2.17. The summed E-state index contributed by atoms with van der Waals surface area (Å²) in [6, 6.07) is 6.99. The number of halogens is 1. The molecule has 0 fully saturated rings. The number of nitrogens with one attached hydrogen (secondary N) is 1. The van der Waals surface area contributed by atoms with Crippen LogP contribution in [-0.2, 0) is 11.2 Å². The van der Waals surface area contributed by atoms with Crippen molar-refractivity contribution in [1.29, 1.82) is 0 Å². The minimum Gasteiger partial charge on any atom is -0.369 e. The molecule has 2 aromatic rings. The molecule has 0 unspecified atom stereocenters. The number of hydrogen-bond acceptors (Lipinski definition) is 4. The quantitative estimate of drug-likeness (QED) is 0.895. The Morgan fingerprint density at radius 3 is 2.63 bits per heavy atom. The molecular weight excluding hydrogens is 330 g/mol. The number of nitrogens with two attached hydrogens (primary N) is 1. The zero-order valence-corrected chi connectivity index (χ0v) is 12.1. The first-order chi connectivity index (χ1) is 9.04. The second-order valence-corrected chi connectivity index (χ2v) is 5.52. The van der Waals surface area contributed by atoms with E-state index in [4.69, 9.17) is 5.73 Å². The van der Waals surface area contributed by atoms with Crippen molar-refractivity contribution in [2.45, 2.75) is 6.42 Å². The van der Waals surface area contributed by atoms with Crippen molar-refractivity contribution in [1.82, 2.24) is 4.98 Å². The van der Waals surface area contributed by atoms with Crippen LogP contribution in [0.25, 0.3) is 0 Å². The first-order valence-corrected chi connectivity index (χ1v) is 7.01. The van der Waals surface area contributed by atoms with Crippen LogP contribution in [0.1, 0.15) is 16.1 Å². The first-order valence-electron chi connectivity index (χ1n) is 5.34. The van der Waals surface area contributed by atoms with Gasteiger partial charge in [0.1, 0.15) is 0 Å². The number of carbonyl (C=O) groups is 2. The molecule has 1 aromatic heterocycles. The third-order valence-corrected chi connectivity index (χ3v) is 3.57. The number of carbonyl (C=O) groups excluding carboxylic acids is 2. The summed E-state index contributed by atoms with van der Waals surface area (Å²) in [5, 5.41) is 4.82. The van der Waals surface area contributed by atoms with Gasteiger partial charge in [-0.15, -0.1) is 11.3 Å². The molecule has 2 amide bonds. The Hall–Kier alpha value is -1.73. The standard InChI is InChI=1S/C12H10BrN3O2S/c13-8-3-1-7(2-4-8)11(18)16-12-15-9(6-19-12)5-10(14)17/h1-4,6H,5H2,(H2,14,17)(H,15,16,18). The van der Waals surface area contributed by atoms with Gasteiger partial charge in [-0.05, 0) is 24.3 Å². The van der Waals surface area contributed by atoms with E-state index in [2.05, 4.69) is 26.2 Å². The Balaban J connectivity index is 2.04. The second kappa shape index (κ2) is 5.94.